The van der Waals surface area contributed by atoms with E-state index in [4.69, 9.17) is 4.74 Å². The molecule has 0 saturated carbocycles. The highest BCUT2D eigenvalue weighted by Gasteiger charge is 2.07. The van der Waals surface area contributed by atoms with Gasteiger partial charge in [-0.25, -0.2) is 0 Å². The van der Waals surface area contributed by atoms with Crippen molar-refractivity contribution in [3.8, 4) is 16.9 Å². The molecule has 0 saturated heterocycles. The molecule has 0 aromatic heterocycles. The second-order valence-corrected chi connectivity index (χ2v) is 5.98. The van der Waals surface area contributed by atoms with Gasteiger partial charge in [0.05, 0.1) is 0 Å². The molecule has 0 radical (unpaired) electrons. The molecule has 0 atom stereocenters. The molecule has 0 fully saturated rings. The van der Waals surface area contributed by atoms with Gasteiger partial charge in [0.25, 0.3) is 5.91 Å². The maximum absolute atomic E-state index is 12.1. The van der Waals surface area contributed by atoms with Crippen LogP contribution in [0.2, 0.25) is 0 Å². The van der Waals surface area contributed by atoms with E-state index in [0.29, 0.717) is 0 Å². The van der Waals surface area contributed by atoms with Crippen molar-refractivity contribution in [2.75, 3.05) is 11.9 Å². The zero-order chi connectivity index (χ0) is 17.6. The molecule has 25 heavy (non-hydrogen) atoms. The van der Waals surface area contributed by atoms with E-state index in [1.54, 1.807) is 0 Å². The predicted octanol–water partition coefficient (Wildman–Crippen LogP) is 4.99. The Bertz CT molecular complexity index is 855. The van der Waals surface area contributed by atoms with Gasteiger partial charge in [0.1, 0.15) is 5.75 Å². The van der Waals surface area contributed by atoms with Crippen LogP contribution in [0.4, 0.5) is 5.69 Å². The van der Waals surface area contributed by atoms with Gasteiger partial charge in [0.15, 0.2) is 6.61 Å². The first kappa shape index (κ1) is 16.8. The van der Waals surface area contributed by atoms with E-state index in [-0.39, 0.29) is 12.5 Å². The summed E-state index contributed by atoms with van der Waals surface area (Å²) in [5.74, 6) is 0.572. The SMILES string of the molecule is Cc1cccc(OCC(=O)Nc2ccc(-c3ccccc3)cc2)c1C. The Labute approximate surface area is 148 Å². The fourth-order valence-corrected chi connectivity index (χ4v) is 2.60. The van der Waals surface area contributed by atoms with E-state index >= 15 is 0 Å². The summed E-state index contributed by atoms with van der Waals surface area (Å²) >= 11 is 0. The molecule has 0 unspecified atom stereocenters. The van der Waals surface area contributed by atoms with Gasteiger partial charge in [0, 0.05) is 5.69 Å². The molecule has 1 N–H and O–H groups in total. The number of benzene rings is 3. The fraction of sp³-hybridized carbons (Fsp3) is 0.136. The van der Waals surface area contributed by atoms with Crippen molar-refractivity contribution in [2.24, 2.45) is 0 Å². The smallest absolute Gasteiger partial charge is 0.262 e. The molecule has 3 rings (SSSR count). The number of hydrogen-bond donors (Lipinski definition) is 1. The van der Waals surface area contributed by atoms with Crippen LogP contribution in [0, 0.1) is 13.8 Å². The van der Waals surface area contributed by atoms with Crippen LogP contribution in [0.5, 0.6) is 5.75 Å². The van der Waals surface area contributed by atoms with Crippen molar-refractivity contribution in [3.05, 3.63) is 83.9 Å². The van der Waals surface area contributed by atoms with E-state index in [1.165, 1.54) is 0 Å². The van der Waals surface area contributed by atoms with Crippen LogP contribution in [-0.2, 0) is 4.79 Å². The number of rotatable bonds is 5. The monoisotopic (exact) mass is 331 g/mol. The summed E-state index contributed by atoms with van der Waals surface area (Å²) in [6, 6.07) is 23.8. The molecule has 3 nitrogen and oxygen atoms in total. The van der Waals surface area contributed by atoms with E-state index in [2.05, 4.69) is 17.4 Å². The van der Waals surface area contributed by atoms with Gasteiger partial charge in [-0.15, -0.1) is 0 Å². The first-order valence-electron chi connectivity index (χ1n) is 8.28. The van der Waals surface area contributed by atoms with Crippen molar-refractivity contribution in [1.82, 2.24) is 0 Å². The number of amides is 1. The molecule has 3 aromatic carbocycles. The first-order valence-corrected chi connectivity index (χ1v) is 8.28. The van der Waals surface area contributed by atoms with Crippen LogP contribution < -0.4 is 10.1 Å². The van der Waals surface area contributed by atoms with Crippen LogP contribution in [0.1, 0.15) is 11.1 Å². The van der Waals surface area contributed by atoms with Crippen LogP contribution >= 0.6 is 0 Å². The van der Waals surface area contributed by atoms with Gasteiger partial charge in [-0.1, -0.05) is 54.6 Å². The topological polar surface area (TPSA) is 38.3 Å². The van der Waals surface area contributed by atoms with Crippen molar-refractivity contribution in [3.63, 3.8) is 0 Å². The lowest BCUT2D eigenvalue weighted by atomic mass is 10.1. The average molecular weight is 331 g/mol. The van der Waals surface area contributed by atoms with Gasteiger partial charge in [-0.2, -0.15) is 0 Å². The van der Waals surface area contributed by atoms with E-state index in [1.807, 2.05) is 74.5 Å². The van der Waals surface area contributed by atoms with Crippen molar-refractivity contribution >= 4 is 11.6 Å². The van der Waals surface area contributed by atoms with Crippen LogP contribution in [0.25, 0.3) is 11.1 Å². The molecule has 0 heterocycles. The molecular formula is C22H21NO2. The van der Waals surface area contributed by atoms with Gasteiger partial charge in [-0.05, 0) is 54.3 Å². The minimum absolute atomic E-state index is 0.00920. The Morgan fingerprint density at radius 3 is 2.24 bits per heavy atom. The lowest BCUT2D eigenvalue weighted by molar-refractivity contribution is -0.118. The zero-order valence-corrected chi connectivity index (χ0v) is 14.5. The van der Waals surface area contributed by atoms with E-state index < -0.39 is 0 Å². The number of anilines is 1. The maximum Gasteiger partial charge on any atom is 0.262 e. The summed E-state index contributed by atoms with van der Waals surface area (Å²) in [4.78, 5) is 12.1. The molecule has 126 valence electrons. The van der Waals surface area contributed by atoms with Crippen LogP contribution in [0.15, 0.2) is 72.8 Å². The quantitative estimate of drug-likeness (QED) is 0.715. The van der Waals surface area contributed by atoms with Gasteiger partial charge >= 0.3 is 0 Å². The summed E-state index contributed by atoms with van der Waals surface area (Å²) in [6.45, 7) is 4.01. The first-order chi connectivity index (χ1) is 12.1. The Morgan fingerprint density at radius 1 is 0.840 bits per heavy atom. The predicted molar refractivity (Wildman–Crippen MR) is 102 cm³/mol. The summed E-state index contributed by atoms with van der Waals surface area (Å²) in [5.41, 5.74) is 5.23. The number of ether oxygens (including phenoxy) is 1. The van der Waals surface area contributed by atoms with E-state index in [0.717, 1.165) is 33.7 Å². The number of carbonyl (C=O) groups is 1. The number of carbonyl (C=O) groups excluding carboxylic acids is 1. The second-order valence-electron chi connectivity index (χ2n) is 5.98. The highest BCUT2D eigenvalue weighted by Crippen LogP contribution is 2.22. The van der Waals surface area contributed by atoms with Crippen LogP contribution in [0.3, 0.4) is 0 Å². The minimum Gasteiger partial charge on any atom is -0.483 e. The maximum atomic E-state index is 12.1. The Balaban J connectivity index is 1.59. The Kier molecular flexibility index (Phi) is 5.14. The summed E-state index contributed by atoms with van der Waals surface area (Å²) in [5, 5.41) is 2.86. The number of hydrogen-bond acceptors (Lipinski definition) is 2. The third kappa shape index (κ3) is 4.27. The molecule has 3 heteroatoms. The van der Waals surface area contributed by atoms with Crippen LogP contribution in [-0.4, -0.2) is 12.5 Å². The normalized spacial score (nSPS) is 10.3. The lowest BCUT2D eigenvalue weighted by Crippen LogP contribution is -2.20. The van der Waals surface area contributed by atoms with Crippen molar-refractivity contribution < 1.29 is 9.53 Å². The van der Waals surface area contributed by atoms with Crippen molar-refractivity contribution in [2.45, 2.75) is 13.8 Å². The Hall–Kier alpha value is -3.07. The zero-order valence-electron chi connectivity index (χ0n) is 14.5. The van der Waals surface area contributed by atoms with Gasteiger partial charge in [0.2, 0.25) is 0 Å². The number of nitrogens with one attached hydrogen (secondary N) is 1. The molecule has 0 spiro atoms. The molecule has 0 aliphatic carbocycles. The van der Waals surface area contributed by atoms with Gasteiger partial charge in [-0.3, -0.25) is 4.79 Å². The fourth-order valence-electron chi connectivity index (χ4n) is 2.60. The highest BCUT2D eigenvalue weighted by molar-refractivity contribution is 5.92. The average Bonchev–Trinajstić information content (AvgIpc) is 2.64. The largest absolute Gasteiger partial charge is 0.483 e. The molecule has 0 aliphatic heterocycles. The Morgan fingerprint density at radius 2 is 1.52 bits per heavy atom. The third-order valence-electron chi connectivity index (χ3n) is 4.19. The lowest BCUT2D eigenvalue weighted by Gasteiger charge is -2.11. The molecule has 3 aromatic rings. The molecule has 1 amide bonds. The molecular weight excluding hydrogens is 310 g/mol. The van der Waals surface area contributed by atoms with Gasteiger partial charge < -0.3 is 10.1 Å². The van der Waals surface area contributed by atoms with E-state index in [9.17, 15) is 4.79 Å². The third-order valence-corrected chi connectivity index (χ3v) is 4.19. The second kappa shape index (κ2) is 7.67. The standard InChI is InChI=1S/C22H21NO2/c1-16-7-6-10-21(17(16)2)25-15-22(24)23-20-13-11-19(12-14-20)18-8-4-3-5-9-18/h3-14H,15H2,1-2H3,(H,23,24). The summed E-state index contributed by atoms with van der Waals surface area (Å²) in [6.07, 6.45) is 0. The minimum atomic E-state index is -0.173. The summed E-state index contributed by atoms with van der Waals surface area (Å²) < 4.78 is 5.63. The molecule has 0 bridgehead atoms. The highest BCUT2D eigenvalue weighted by atomic mass is 16.5. The molecule has 0 aliphatic rings. The number of aryl methyl sites for hydroxylation is 1. The van der Waals surface area contributed by atoms with Crippen molar-refractivity contribution in [1.29, 1.82) is 0 Å². The summed E-state index contributed by atoms with van der Waals surface area (Å²) in [7, 11) is 0.